The first-order valence-corrected chi connectivity index (χ1v) is 5.10. The van der Waals surface area contributed by atoms with Crippen molar-refractivity contribution in [2.24, 2.45) is 5.92 Å². The molecule has 1 fully saturated rings. The van der Waals surface area contributed by atoms with Crippen molar-refractivity contribution in [1.29, 1.82) is 0 Å². The molecule has 3 nitrogen and oxygen atoms in total. The van der Waals surface area contributed by atoms with Crippen LogP contribution in [0.1, 0.15) is 26.7 Å². The van der Waals surface area contributed by atoms with Gasteiger partial charge in [-0.05, 0) is 39.8 Å². The average molecular weight is 221 g/mol. The highest BCUT2D eigenvalue weighted by molar-refractivity contribution is 5.85. The van der Waals surface area contributed by atoms with E-state index in [4.69, 9.17) is 0 Å². The van der Waals surface area contributed by atoms with E-state index in [1.807, 2.05) is 11.9 Å². The highest BCUT2D eigenvalue weighted by Gasteiger charge is 2.24. The standard InChI is InChI=1S/C10H20N2O.ClH/c1-8(2)12(3)10(13)9-4-6-11-7-5-9;/h8-9,11H,4-7H2,1-3H3;1H. The summed E-state index contributed by atoms with van der Waals surface area (Å²) in [5.41, 5.74) is 0. The van der Waals surface area contributed by atoms with Crippen molar-refractivity contribution in [2.75, 3.05) is 20.1 Å². The van der Waals surface area contributed by atoms with Gasteiger partial charge in [0.25, 0.3) is 0 Å². The summed E-state index contributed by atoms with van der Waals surface area (Å²) in [6.45, 7) is 6.09. The molecule has 14 heavy (non-hydrogen) atoms. The van der Waals surface area contributed by atoms with Crippen LogP contribution in [0.15, 0.2) is 0 Å². The van der Waals surface area contributed by atoms with E-state index in [9.17, 15) is 4.79 Å². The summed E-state index contributed by atoms with van der Waals surface area (Å²) in [4.78, 5) is 13.7. The Balaban J connectivity index is 0.00000169. The number of carbonyl (C=O) groups excluding carboxylic acids is 1. The van der Waals surface area contributed by atoms with Crippen molar-refractivity contribution in [3.63, 3.8) is 0 Å². The van der Waals surface area contributed by atoms with Crippen LogP contribution < -0.4 is 5.32 Å². The molecule has 0 spiro atoms. The fourth-order valence-corrected chi connectivity index (χ4v) is 1.61. The molecule has 0 aromatic heterocycles. The molecule has 1 aliphatic rings. The van der Waals surface area contributed by atoms with Crippen LogP contribution in [0.5, 0.6) is 0 Å². The van der Waals surface area contributed by atoms with Crippen LogP contribution >= 0.6 is 12.4 Å². The zero-order valence-corrected chi connectivity index (χ0v) is 10.1. The summed E-state index contributed by atoms with van der Waals surface area (Å²) in [5.74, 6) is 0.574. The maximum Gasteiger partial charge on any atom is 0.225 e. The number of hydrogen-bond donors (Lipinski definition) is 1. The van der Waals surface area contributed by atoms with E-state index in [2.05, 4.69) is 19.2 Å². The van der Waals surface area contributed by atoms with Crippen LogP contribution in [-0.4, -0.2) is 37.0 Å². The van der Waals surface area contributed by atoms with Gasteiger partial charge in [0, 0.05) is 19.0 Å². The maximum atomic E-state index is 11.8. The maximum absolute atomic E-state index is 11.8. The SMILES string of the molecule is CC(C)N(C)C(=O)C1CCNCC1.Cl. The molecule has 0 saturated carbocycles. The molecule has 1 amide bonds. The van der Waals surface area contributed by atoms with Crippen LogP contribution in [0.2, 0.25) is 0 Å². The van der Waals surface area contributed by atoms with Crippen LogP contribution in [-0.2, 0) is 4.79 Å². The molecule has 0 unspecified atom stereocenters. The van der Waals surface area contributed by atoms with Gasteiger partial charge in [0.2, 0.25) is 5.91 Å². The molecule has 1 aliphatic heterocycles. The zero-order chi connectivity index (χ0) is 9.84. The van der Waals surface area contributed by atoms with Gasteiger partial charge in [-0.2, -0.15) is 0 Å². The van der Waals surface area contributed by atoms with Gasteiger partial charge in [-0.15, -0.1) is 12.4 Å². The predicted molar refractivity (Wildman–Crippen MR) is 60.7 cm³/mol. The molecule has 0 radical (unpaired) electrons. The number of amides is 1. The van der Waals surface area contributed by atoms with Gasteiger partial charge in [0.15, 0.2) is 0 Å². The van der Waals surface area contributed by atoms with E-state index in [1.54, 1.807) is 0 Å². The Hall–Kier alpha value is -0.280. The number of piperidine rings is 1. The average Bonchev–Trinajstić information content (AvgIpc) is 2.17. The molecule has 1 N–H and O–H groups in total. The molecule has 1 rings (SSSR count). The van der Waals surface area contributed by atoms with Gasteiger partial charge in [-0.25, -0.2) is 0 Å². The summed E-state index contributed by atoms with van der Waals surface area (Å²) >= 11 is 0. The summed E-state index contributed by atoms with van der Waals surface area (Å²) in [5, 5.41) is 3.27. The number of nitrogens with zero attached hydrogens (tertiary/aromatic N) is 1. The van der Waals surface area contributed by atoms with Gasteiger partial charge < -0.3 is 10.2 Å². The second kappa shape index (κ2) is 6.25. The van der Waals surface area contributed by atoms with E-state index >= 15 is 0 Å². The zero-order valence-electron chi connectivity index (χ0n) is 9.25. The predicted octanol–water partition coefficient (Wildman–Crippen LogP) is 1.27. The third-order valence-corrected chi connectivity index (χ3v) is 2.81. The Morgan fingerprint density at radius 1 is 1.36 bits per heavy atom. The monoisotopic (exact) mass is 220 g/mol. The first-order valence-electron chi connectivity index (χ1n) is 5.10. The lowest BCUT2D eigenvalue weighted by Crippen LogP contribution is -2.41. The van der Waals surface area contributed by atoms with Crippen molar-refractivity contribution in [1.82, 2.24) is 10.2 Å². The smallest absolute Gasteiger partial charge is 0.225 e. The first-order chi connectivity index (χ1) is 6.13. The molecule has 0 aliphatic carbocycles. The molecule has 0 bridgehead atoms. The van der Waals surface area contributed by atoms with Crippen molar-refractivity contribution < 1.29 is 4.79 Å². The molecular formula is C10H21ClN2O. The third-order valence-electron chi connectivity index (χ3n) is 2.81. The number of halogens is 1. The third kappa shape index (κ3) is 3.46. The number of carbonyl (C=O) groups is 1. The summed E-state index contributed by atoms with van der Waals surface area (Å²) < 4.78 is 0. The molecule has 0 aromatic carbocycles. The lowest BCUT2D eigenvalue weighted by molar-refractivity contribution is -0.136. The van der Waals surface area contributed by atoms with E-state index in [1.165, 1.54) is 0 Å². The van der Waals surface area contributed by atoms with Gasteiger partial charge in [0.05, 0.1) is 0 Å². The molecule has 4 heteroatoms. The Kier molecular flexibility index (Phi) is 6.12. The second-order valence-electron chi connectivity index (χ2n) is 4.07. The Labute approximate surface area is 92.6 Å². The molecular weight excluding hydrogens is 200 g/mol. The molecule has 0 atom stereocenters. The Morgan fingerprint density at radius 3 is 2.29 bits per heavy atom. The lowest BCUT2D eigenvalue weighted by Gasteiger charge is -2.29. The van der Waals surface area contributed by atoms with E-state index in [-0.39, 0.29) is 18.3 Å². The van der Waals surface area contributed by atoms with E-state index in [0.717, 1.165) is 25.9 Å². The Morgan fingerprint density at radius 2 is 1.86 bits per heavy atom. The van der Waals surface area contributed by atoms with E-state index < -0.39 is 0 Å². The summed E-state index contributed by atoms with van der Waals surface area (Å²) in [6, 6.07) is 0.322. The normalized spacial score (nSPS) is 17.7. The van der Waals surface area contributed by atoms with Crippen molar-refractivity contribution in [2.45, 2.75) is 32.7 Å². The van der Waals surface area contributed by atoms with Crippen molar-refractivity contribution >= 4 is 18.3 Å². The number of hydrogen-bond acceptors (Lipinski definition) is 2. The highest BCUT2D eigenvalue weighted by atomic mass is 35.5. The van der Waals surface area contributed by atoms with Crippen LogP contribution in [0, 0.1) is 5.92 Å². The van der Waals surface area contributed by atoms with Gasteiger partial charge in [0.1, 0.15) is 0 Å². The minimum absolute atomic E-state index is 0. The van der Waals surface area contributed by atoms with Crippen molar-refractivity contribution in [3.05, 3.63) is 0 Å². The van der Waals surface area contributed by atoms with Gasteiger partial charge in [-0.1, -0.05) is 0 Å². The Bertz CT molecular complexity index is 179. The summed E-state index contributed by atoms with van der Waals surface area (Å²) in [6.07, 6.45) is 1.99. The molecule has 1 heterocycles. The second-order valence-corrected chi connectivity index (χ2v) is 4.07. The van der Waals surface area contributed by atoms with Crippen LogP contribution in [0.25, 0.3) is 0 Å². The molecule has 1 saturated heterocycles. The summed E-state index contributed by atoms with van der Waals surface area (Å²) in [7, 11) is 1.90. The fraction of sp³-hybridized carbons (Fsp3) is 0.900. The number of rotatable bonds is 2. The van der Waals surface area contributed by atoms with Gasteiger partial charge >= 0.3 is 0 Å². The molecule has 0 aromatic rings. The van der Waals surface area contributed by atoms with Crippen LogP contribution in [0.3, 0.4) is 0 Å². The van der Waals surface area contributed by atoms with Crippen molar-refractivity contribution in [3.8, 4) is 0 Å². The van der Waals surface area contributed by atoms with Crippen LogP contribution in [0.4, 0.5) is 0 Å². The van der Waals surface area contributed by atoms with Gasteiger partial charge in [-0.3, -0.25) is 4.79 Å². The van der Waals surface area contributed by atoms with E-state index in [0.29, 0.717) is 11.9 Å². The lowest BCUT2D eigenvalue weighted by atomic mass is 9.96. The highest BCUT2D eigenvalue weighted by Crippen LogP contribution is 2.15. The minimum Gasteiger partial charge on any atom is -0.343 e. The topological polar surface area (TPSA) is 32.3 Å². The number of nitrogens with one attached hydrogen (secondary N) is 1. The quantitative estimate of drug-likeness (QED) is 0.761. The first kappa shape index (κ1) is 13.7. The minimum atomic E-state index is 0. The molecule has 84 valence electrons. The fourth-order valence-electron chi connectivity index (χ4n) is 1.61. The largest absolute Gasteiger partial charge is 0.343 e.